The van der Waals surface area contributed by atoms with Crippen molar-refractivity contribution in [2.24, 2.45) is 11.8 Å². The van der Waals surface area contributed by atoms with E-state index in [0.29, 0.717) is 0 Å². The van der Waals surface area contributed by atoms with E-state index in [1.54, 1.807) is 0 Å². The third-order valence-corrected chi connectivity index (χ3v) is 4.45. The molecule has 0 spiro atoms. The summed E-state index contributed by atoms with van der Waals surface area (Å²) in [5.41, 5.74) is 0. The van der Waals surface area contributed by atoms with E-state index in [1.807, 2.05) is 0 Å². The molecular weight excluding hydrogens is 172 g/mol. The largest absolute Gasteiger partial charge is 0.303 e. The summed E-state index contributed by atoms with van der Waals surface area (Å²) in [4.78, 5) is 5.45. The Hall–Kier alpha value is -0.0800. The quantitative estimate of drug-likeness (QED) is 0.575. The average Bonchev–Trinajstić information content (AvgIpc) is 2.27. The molecule has 6 heterocycles. The maximum absolute atomic E-state index is 2.72. The van der Waals surface area contributed by atoms with Gasteiger partial charge in [-0.25, -0.2) is 0 Å². The van der Waals surface area contributed by atoms with Gasteiger partial charge in [-0.3, -0.25) is 0 Å². The molecule has 6 rings (SSSR count). The Bertz CT molecular complexity index is 146. The Morgan fingerprint density at radius 3 is 1.29 bits per heavy atom. The predicted octanol–water partition coefficient (Wildman–Crippen LogP) is 1.42. The van der Waals surface area contributed by atoms with Gasteiger partial charge in [0.15, 0.2) is 0 Å². The number of nitrogens with zero attached hydrogens (tertiary/aromatic N) is 2. The summed E-state index contributed by atoms with van der Waals surface area (Å²) in [6.07, 6.45) is 5.85. The molecule has 0 unspecified atom stereocenters. The van der Waals surface area contributed by atoms with Gasteiger partial charge in [-0.15, -0.1) is 0 Å². The lowest BCUT2D eigenvalue weighted by molar-refractivity contribution is 0.0671. The molecule has 6 saturated heterocycles. The van der Waals surface area contributed by atoms with Crippen LogP contribution in [0.25, 0.3) is 0 Å². The molecule has 0 saturated carbocycles. The number of rotatable bonds is 0. The molecule has 2 heteroatoms. The van der Waals surface area contributed by atoms with E-state index in [4.69, 9.17) is 0 Å². The van der Waals surface area contributed by atoms with Crippen LogP contribution in [-0.2, 0) is 0 Å². The van der Waals surface area contributed by atoms with Gasteiger partial charge in [0.05, 0.1) is 0 Å². The van der Waals surface area contributed by atoms with E-state index in [2.05, 4.69) is 9.80 Å². The van der Waals surface area contributed by atoms with E-state index in [9.17, 15) is 0 Å². The fourth-order valence-corrected chi connectivity index (χ4v) is 3.43. The molecule has 0 aromatic carbocycles. The Morgan fingerprint density at radius 2 is 0.929 bits per heavy atom. The van der Waals surface area contributed by atoms with Crippen LogP contribution in [0.2, 0.25) is 0 Å². The van der Waals surface area contributed by atoms with Crippen molar-refractivity contribution in [1.82, 2.24) is 9.80 Å². The van der Waals surface area contributed by atoms with Crippen LogP contribution in [0.3, 0.4) is 0 Å². The van der Waals surface area contributed by atoms with Gasteiger partial charge in [-0.1, -0.05) is 0 Å². The lowest BCUT2D eigenvalue weighted by atomic mass is 9.89. The molecule has 6 fully saturated rings. The summed E-state index contributed by atoms with van der Waals surface area (Å²) in [5, 5.41) is 0. The second-order valence-electron chi connectivity index (χ2n) is 5.49. The van der Waals surface area contributed by atoms with Gasteiger partial charge in [0.1, 0.15) is 0 Å². The molecule has 6 aliphatic rings. The molecule has 6 aliphatic heterocycles. The molecule has 0 N–H and O–H groups in total. The second-order valence-corrected chi connectivity index (χ2v) is 5.49. The van der Waals surface area contributed by atoms with Gasteiger partial charge < -0.3 is 9.80 Å². The lowest BCUT2D eigenvalue weighted by Gasteiger charge is -2.42. The minimum atomic E-state index is 1.01. The van der Waals surface area contributed by atoms with Crippen molar-refractivity contribution in [3.8, 4) is 0 Å². The maximum atomic E-state index is 2.72. The Balaban J connectivity index is 1.73. The highest BCUT2D eigenvalue weighted by atomic mass is 15.2. The minimum Gasteiger partial charge on any atom is -0.303 e. The van der Waals surface area contributed by atoms with Gasteiger partial charge in [-0.2, -0.15) is 0 Å². The lowest BCUT2D eigenvalue weighted by Crippen LogP contribution is -2.47. The standard InChI is InChI=1S/C12H22N2/c1-5-13-6-2-11(1)9-14-7-3-12(10-13)4-8-14/h11-12H,1-10H2. The molecule has 0 atom stereocenters. The van der Waals surface area contributed by atoms with Gasteiger partial charge in [-0.05, 0) is 63.7 Å². The number of hydrogen-bond acceptors (Lipinski definition) is 2. The molecule has 14 heavy (non-hydrogen) atoms. The van der Waals surface area contributed by atoms with Crippen LogP contribution < -0.4 is 0 Å². The van der Waals surface area contributed by atoms with Crippen LogP contribution >= 0.6 is 0 Å². The number of piperidine rings is 2. The minimum absolute atomic E-state index is 1.01. The molecule has 0 radical (unpaired) electrons. The SMILES string of the molecule is C1CN2CCC1CN1CCC(CC1)C2. The fourth-order valence-electron chi connectivity index (χ4n) is 3.43. The normalized spacial score (nSPS) is 48.0. The summed E-state index contributed by atoms with van der Waals surface area (Å²) < 4.78 is 0. The highest BCUT2D eigenvalue weighted by Crippen LogP contribution is 2.27. The molecule has 2 nitrogen and oxygen atoms in total. The van der Waals surface area contributed by atoms with Crippen molar-refractivity contribution in [2.75, 3.05) is 39.3 Å². The van der Waals surface area contributed by atoms with Gasteiger partial charge in [0, 0.05) is 13.1 Å². The van der Waals surface area contributed by atoms with Crippen LogP contribution in [0.4, 0.5) is 0 Å². The zero-order valence-corrected chi connectivity index (χ0v) is 9.12. The maximum Gasteiger partial charge on any atom is 0.00106 e. The van der Waals surface area contributed by atoms with Crippen molar-refractivity contribution in [2.45, 2.75) is 25.7 Å². The Labute approximate surface area is 87.3 Å². The first-order chi connectivity index (χ1) is 6.90. The van der Waals surface area contributed by atoms with Crippen molar-refractivity contribution in [1.29, 1.82) is 0 Å². The van der Waals surface area contributed by atoms with Crippen LogP contribution in [0.1, 0.15) is 25.7 Å². The van der Waals surface area contributed by atoms with E-state index < -0.39 is 0 Å². The van der Waals surface area contributed by atoms with Crippen molar-refractivity contribution >= 4 is 0 Å². The zero-order valence-electron chi connectivity index (χ0n) is 9.12. The van der Waals surface area contributed by atoms with Crippen molar-refractivity contribution in [3.63, 3.8) is 0 Å². The van der Waals surface area contributed by atoms with E-state index >= 15 is 0 Å². The topological polar surface area (TPSA) is 6.48 Å². The monoisotopic (exact) mass is 194 g/mol. The van der Waals surface area contributed by atoms with Crippen LogP contribution in [0, 0.1) is 11.8 Å². The molecular formula is C12H22N2. The summed E-state index contributed by atoms with van der Waals surface area (Å²) in [7, 11) is 0. The number of hydrogen-bond donors (Lipinski definition) is 0. The predicted molar refractivity (Wildman–Crippen MR) is 58.3 cm³/mol. The van der Waals surface area contributed by atoms with E-state index in [1.165, 1.54) is 65.0 Å². The molecule has 0 aliphatic carbocycles. The molecule has 80 valence electrons. The van der Waals surface area contributed by atoms with Gasteiger partial charge in [0.25, 0.3) is 0 Å². The van der Waals surface area contributed by atoms with E-state index in [0.717, 1.165) is 11.8 Å². The average molecular weight is 194 g/mol. The Kier molecular flexibility index (Phi) is 2.50. The summed E-state index contributed by atoms with van der Waals surface area (Å²) in [6.45, 7) is 8.34. The van der Waals surface area contributed by atoms with E-state index in [-0.39, 0.29) is 0 Å². The first-order valence-corrected chi connectivity index (χ1v) is 6.35. The third kappa shape index (κ3) is 1.82. The van der Waals surface area contributed by atoms with Gasteiger partial charge in [0.2, 0.25) is 0 Å². The molecule has 0 aromatic heterocycles. The highest BCUT2D eigenvalue weighted by molar-refractivity contribution is 4.83. The summed E-state index contributed by atoms with van der Waals surface area (Å²) in [6, 6.07) is 0. The zero-order chi connectivity index (χ0) is 9.38. The molecule has 4 bridgehead atoms. The fraction of sp³-hybridized carbons (Fsp3) is 1.00. The molecule has 0 aromatic rings. The first kappa shape index (κ1) is 9.17. The van der Waals surface area contributed by atoms with Crippen LogP contribution in [0.15, 0.2) is 0 Å². The Morgan fingerprint density at radius 1 is 0.571 bits per heavy atom. The summed E-state index contributed by atoms with van der Waals surface area (Å²) in [5.74, 6) is 2.03. The summed E-state index contributed by atoms with van der Waals surface area (Å²) >= 11 is 0. The first-order valence-electron chi connectivity index (χ1n) is 6.35. The third-order valence-electron chi connectivity index (χ3n) is 4.45. The van der Waals surface area contributed by atoms with Crippen molar-refractivity contribution in [3.05, 3.63) is 0 Å². The van der Waals surface area contributed by atoms with Crippen LogP contribution in [-0.4, -0.2) is 49.1 Å². The van der Waals surface area contributed by atoms with Crippen LogP contribution in [0.5, 0.6) is 0 Å². The second kappa shape index (κ2) is 3.82. The highest BCUT2D eigenvalue weighted by Gasteiger charge is 2.28. The van der Waals surface area contributed by atoms with Crippen molar-refractivity contribution < 1.29 is 0 Å². The van der Waals surface area contributed by atoms with Gasteiger partial charge >= 0.3 is 0 Å². The smallest absolute Gasteiger partial charge is 0.00106 e. The molecule has 0 amide bonds.